The molecule has 1 aliphatic rings. The molecular weight excluding hydrogens is 226 g/mol. The Morgan fingerprint density at radius 1 is 1.56 bits per heavy atom. The summed E-state index contributed by atoms with van der Waals surface area (Å²) >= 11 is 0. The summed E-state index contributed by atoms with van der Waals surface area (Å²) in [6, 6.07) is 0.469. The first-order valence-electron chi connectivity index (χ1n) is 7.02. The highest BCUT2D eigenvalue weighted by molar-refractivity contribution is 5.28. The Morgan fingerprint density at radius 2 is 2.39 bits per heavy atom. The van der Waals surface area contributed by atoms with Gasteiger partial charge in [0.15, 0.2) is 0 Å². The molecule has 0 aliphatic carbocycles. The van der Waals surface area contributed by atoms with Crippen LogP contribution in [0.5, 0.6) is 0 Å². The monoisotopic (exact) mass is 251 g/mol. The minimum atomic E-state index is -0.0171. The van der Waals surface area contributed by atoms with Crippen molar-refractivity contribution in [2.45, 2.75) is 64.6 Å². The molecule has 2 heterocycles. The van der Waals surface area contributed by atoms with Gasteiger partial charge in [0.05, 0.1) is 5.60 Å². The molecule has 1 saturated heterocycles. The summed E-state index contributed by atoms with van der Waals surface area (Å²) in [5.74, 6) is 1.01. The number of hydrogen-bond acceptors (Lipinski definition) is 3. The Labute approximate surface area is 110 Å². The van der Waals surface area contributed by atoms with Crippen molar-refractivity contribution in [1.82, 2.24) is 9.55 Å². The maximum absolute atomic E-state index is 5.74. The maximum atomic E-state index is 5.74. The second-order valence-corrected chi connectivity index (χ2v) is 5.74. The highest BCUT2D eigenvalue weighted by Gasteiger charge is 2.29. The Balaban J connectivity index is 1.94. The van der Waals surface area contributed by atoms with Crippen molar-refractivity contribution in [2.75, 3.05) is 11.9 Å². The molecule has 0 radical (unpaired) electrons. The van der Waals surface area contributed by atoms with E-state index in [0.29, 0.717) is 6.04 Å². The molecule has 0 aromatic carbocycles. The predicted molar refractivity (Wildman–Crippen MR) is 73.8 cm³/mol. The average Bonchev–Trinajstić information content (AvgIpc) is 2.72. The number of nitrogens with one attached hydrogen (secondary N) is 1. The summed E-state index contributed by atoms with van der Waals surface area (Å²) in [4.78, 5) is 4.42. The van der Waals surface area contributed by atoms with Gasteiger partial charge in [-0.05, 0) is 33.1 Å². The normalized spacial score (nSPS) is 22.9. The largest absolute Gasteiger partial charge is 0.375 e. The molecule has 1 N–H and O–H groups in total. The van der Waals surface area contributed by atoms with Crippen LogP contribution >= 0.6 is 0 Å². The first-order valence-corrected chi connectivity index (χ1v) is 7.02. The third-order valence-electron chi connectivity index (χ3n) is 3.50. The second kappa shape index (κ2) is 5.74. The van der Waals surface area contributed by atoms with Crippen molar-refractivity contribution in [3.05, 3.63) is 12.4 Å². The summed E-state index contributed by atoms with van der Waals surface area (Å²) in [6.07, 6.45) is 8.44. The Hall–Kier alpha value is -1.03. The van der Waals surface area contributed by atoms with Crippen LogP contribution < -0.4 is 5.32 Å². The van der Waals surface area contributed by atoms with E-state index in [1.165, 1.54) is 12.8 Å². The quantitative estimate of drug-likeness (QED) is 0.874. The van der Waals surface area contributed by atoms with Gasteiger partial charge in [-0.1, -0.05) is 13.3 Å². The van der Waals surface area contributed by atoms with E-state index in [1.54, 1.807) is 0 Å². The number of ether oxygens (including phenoxy) is 1. The fraction of sp³-hybridized carbons (Fsp3) is 0.786. The zero-order valence-electron chi connectivity index (χ0n) is 11.8. The molecule has 1 aliphatic heterocycles. The average molecular weight is 251 g/mol. The van der Waals surface area contributed by atoms with Crippen molar-refractivity contribution in [1.29, 1.82) is 0 Å². The van der Waals surface area contributed by atoms with Gasteiger partial charge in [-0.15, -0.1) is 0 Å². The van der Waals surface area contributed by atoms with E-state index in [0.717, 1.165) is 31.9 Å². The molecule has 0 amide bonds. The molecule has 0 spiro atoms. The minimum Gasteiger partial charge on any atom is -0.375 e. The highest BCUT2D eigenvalue weighted by Crippen LogP contribution is 2.26. The lowest BCUT2D eigenvalue weighted by atomic mass is 9.94. The second-order valence-electron chi connectivity index (χ2n) is 5.74. The number of aromatic nitrogens is 2. The molecule has 1 aromatic heterocycles. The lowest BCUT2D eigenvalue weighted by Gasteiger charge is -2.36. The molecule has 0 saturated carbocycles. The van der Waals surface area contributed by atoms with Gasteiger partial charge in [0.1, 0.15) is 0 Å². The number of aryl methyl sites for hydroxylation is 1. The molecule has 0 bridgehead atoms. The van der Waals surface area contributed by atoms with E-state index in [1.807, 2.05) is 6.20 Å². The van der Waals surface area contributed by atoms with Crippen molar-refractivity contribution in [3.8, 4) is 0 Å². The van der Waals surface area contributed by atoms with E-state index >= 15 is 0 Å². The van der Waals surface area contributed by atoms with Crippen molar-refractivity contribution in [2.24, 2.45) is 0 Å². The Morgan fingerprint density at radius 3 is 3.11 bits per heavy atom. The standard InChI is InChI=1S/C14H25N3O/c1-4-5-8-17-9-7-15-13(17)16-12-6-10-18-14(2,3)11-12/h7,9,12H,4-6,8,10-11H2,1-3H3,(H,15,16). The number of unbranched alkanes of at least 4 members (excludes halogenated alkanes) is 1. The molecule has 4 nitrogen and oxygen atoms in total. The van der Waals surface area contributed by atoms with E-state index < -0.39 is 0 Å². The van der Waals surface area contributed by atoms with Gasteiger partial charge in [-0.3, -0.25) is 0 Å². The lowest BCUT2D eigenvalue weighted by Crippen LogP contribution is -2.40. The Kier molecular flexibility index (Phi) is 4.27. The van der Waals surface area contributed by atoms with Gasteiger partial charge in [-0.25, -0.2) is 4.98 Å². The molecule has 102 valence electrons. The molecule has 1 unspecified atom stereocenters. The van der Waals surface area contributed by atoms with Crippen molar-refractivity contribution in [3.63, 3.8) is 0 Å². The molecule has 18 heavy (non-hydrogen) atoms. The first-order chi connectivity index (χ1) is 8.61. The van der Waals surface area contributed by atoms with Crippen LogP contribution in [0.15, 0.2) is 12.4 Å². The lowest BCUT2D eigenvalue weighted by molar-refractivity contribution is -0.0554. The summed E-state index contributed by atoms with van der Waals surface area (Å²) in [7, 11) is 0. The van der Waals surface area contributed by atoms with Crippen LogP contribution in [0.1, 0.15) is 46.5 Å². The fourth-order valence-corrected chi connectivity index (χ4v) is 2.50. The van der Waals surface area contributed by atoms with Crippen LogP contribution in [0.4, 0.5) is 5.95 Å². The smallest absolute Gasteiger partial charge is 0.202 e. The third-order valence-corrected chi connectivity index (χ3v) is 3.50. The van der Waals surface area contributed by atoms with Gasteiger partial charge in [0.2, 0.25) is 5.95 Å². The van der Waals surface area contributed by atoms with Crippen LogP contribution in [0.2, 0.25) is 0 Å². The first kappa shape index (κ1) is 13.4. The fourth-order valence-electron chi connectivity index (χ4n) is 2.50. The summed E-state index contributed by atoms with van der Waals surface area (Å²) < 4.78 is 7.96. The topological polar surface area (TPSA) is 39.1 Å². The SMILES string of the molecule is CCCCn1ccnc1NC1CCOC(C)(C)C1. The predicted octanol–water partition coefficient (Wildman–Crippen LogP) is 3.05. The van der Waals surface area contributed by atoms with E-state index in [2.05, 4.69) is 41.8 Å². The highest BCUT2D eigenvalue weighted by atomic mass is 16.5. The molecule has 1 atom stereocenters. The minimum absolute atomic E-state index is 0.0171. The van der Waals surface area contributed by atoms with Gasteiger partial charge < -0.3 is 14.6 Å². The third kappa shape index (κ3) is 3.48. The van der Waals surface area contributed by atoms with Gasteiger partial charge in [-0.2, -0.15) is 0 Å². The van der Waals surface area contributed by atoms with Gasteiger partial charge in [0.25, 0.3) is 0 Å². The van der Waals surface area contributed by atoms with Crippen LogP contribution in [0.3, 0.4) is 0 Å². The summed E-state index contributed by atoms with van der Waals surface area (Å²) in [5, 5.41) is 3.57. The summed E-state index contributed by atoms with van der Waals surface area (Å²) in [5.41, 5.74) is -0.0171. The number of imidazole rings is 1. The molecule has 4 heteroatoms. The van der Waals surface area contributed by atoms with E-state index in [4.69, 9.17) is 4.74 Å². The van der Waals surface area contributed by atoms with Crippen LogP contribution in [-0.4, -0.2) is 27.8 Å². The number of hydrogen-bond donors (Lipinski definition) is 1. The zero-order valence-corrected chi connectivity index (χ0v) is 11.8. The van der Waals surface area contributed by atoms with Crippen LogP contribution in [0, 0.1) is 0 Å². The van der Waals surface area contributed by atoms with Crippen molar-refractivity contribution < 1.29 is 4.74 Å². The van der Waals surface area contributed by atoms with E-state index in [-0.39, 0.29) is 5.60 Å². The molecule has 1 aromatic rings. The number of rotatable bonds is 5. The van der Waals surface area contributed by atoms with Gasteiger partial charge >= 0.3 is 0 Å². The van der Waals surface area contributed by atoms with Gasteiger partial charge in [0, 0.05) is 31.6 Å². The van der Waals surface area contributed by atoms with Crippen LogP contribution in [-0.2, 0) is 11.3 Å². The molecular formula is C14H25N3O. The zero-order chi connectivity index (χ0) is 13.0. The van der Waals surface area contributed by atoms with Crippen LogP contribution in [0.25, 0.3) is 0 Å². The Bertz CT molecular complexity index is 373. The van der Waals surface area contributed by atoms with E-state index in [9.17, 15) is 0 Å². The van der Waals surface area contributed by atoms with Crippen molar-refractivity contribution >= 4 is 5.95 Å². The molecule has 1 fully saturated rings. The number of anilines is 1. The maximum Gasteiger partial charge on any atom is 0.202 e. The molecule has 2 rings (SSSR count). The summed E-state index contributed by atoms with van der Waals surface area (Å²) in [6.45, 7) is 8.41. The number of nitrogens with zero attached hydrogens (tertiary/aromatic N) is 2.